The van der Waals surface area contributed by atoms with Crippen molar-refractivity contribution in [2.75, 3.05) is 0 Å². The fourth-order valence-electron chi connectivity index (χ4n) is 2.54. The molecular formula is C18H14N4O3. The third-order valence-corrected chi connectivity index (χ3v) is 3.69. The average Bonchev–Trinajstić information content (AvgIpc) is 2.66. The summed E-state index contributed by atoms with van der Waals surface area (Å²) in [6, 6.07) is 14.1. The van der Waals surface area contributed by atoms with Gasteiger partial charge in [0.15, 0.2) is 0 Å². The van der Waals surface area contributed by atoms with E-state index in [9.17, 15) is 14.4 Å². The van der Waals surface area contributed by atoms with Gasteiger partial charge in [-0.1, -0.05) is 24.3 Å². The van der Waals surface area contributed by atoms with Gasteiger partial charge in [-0.2, -0.15) is 0 Å². The van der Waals surface area contributed by atoms with E-state index in [-0.39, 0.29) is 17.7 Å². The van der Waals surface area contributed by atoms with Gasteiger partial charge in [0, 0.05) is 34.5 Å². The van der Waals surface area contributed by atoms with Gasteiger partial charge in [-0.25, -0.2) is 5.84 Å². The van der Waals surface area contributed by atoms with Crippen LogP contribution in [0.1, 0.15) is 31.1 Å². The lowest BCUT2D eigenvalue weighted by molar-refractivity contribution is 0.0844. The normalized spacial score (nSPS) is 12.0. The van der Waals surface area contributed by atoms with Gasteiger partial charge in [0.25, 0.3) is 17.7 Å². The van der Waals surface area contributed by atoms with E-state index in [4.69, 9.17) is 5.84 Å². The molecule has 0 spiro atoms. The Morgan fingerprint density at radius 3 is 2.00 bits per heavy atom. The van der Waals surface area contributed by atoms with Gasteiger partial charge in [-0.3, -0.25) is 30.1 Å². The number of imide groups is 1. The molecule has 2 heterocycles. The number of nitrogens with one attached hydrogen (secondary N) is 2. The summed E-state index contributed by atoms with van der Waals surface area (Å²) < 4.78 is 0. The van der Waals surface area contributed by atoms with Crippen molar-refractivity contribution in [3.63, 3.8) is 0 Å². The summed E-state index contributed by atoms with van der Waals surface area (Å²) in [5.41, 5.74) is 3.67. The zero-order chi connectivity index (χ0) is 17.8. The molecule has 0 saturated carbocycles. The van der Waals surface area contributed by atoms with Gasteiger partial charge < -0.3 is 0 Å². The van der Waals surface area contributed by atoms with Crippen LogP contribution in [-0.4, -0.2) is 22.7 Å². The maximum Gasteiger partial charge on any atom is 0.265 e. The molecule has 1 aromatic heterocycles. The lowest BCUT2D eigenvalue weighted by atomic mass is 9.95. The number of hydrogen-bond acceptors (Lipinski definition) is 5. The van der Waals surface area contributed by atoms with Crippen molar-refractivity contribution in [3.8, 4) is 0 Å². The van der Waals surface area contributed by atoms with Crippen LogP contribution in [0.2, 0.25) is 0 Å². The van der Waals surface area contributed by atoms with Crippen molar-refractivity contribution >= 4 is 28.5 Å². The molecular weight excluding hydrogens is 320 g/mol. The molecule has 2 aromatic carbocycles. The summed E-state index contributed by atoms with van der Waals surface area (Å²) in [7, 11) is 0. The number of hydrogen-bond donors (Lipinski definition) is 3. The molecule has 1 aliphatic heterocycles. The fraction of sp³-hybridized carbons (Fsp3) is 0. The number of rotatable bonds is 1. The van der Waals surface area contributed by atoms with E-state index in [1.165, 1.54) is 12.4 Å². The molecule has 0 radical (unpaired) electrons. The van der Waals surface area contributed by atoms with Gasteiger partial charge in [0.2, 0.25) is 0 Å². The second-order valence-corrected chi connectivity index (χ2v) is 5.20. The number of nitrogens with zero attached hydrogens (tertiary/aromatic N) is 1. The summed E-state index contributed by atoms with van der Waals surface area (Å²) >= 11 is 0. The van der Waals surface area contributed by atoms with Crippen molar-refractivity contribution in [2.45, 2.75) is 0 Å². The molecule has 0 aliphatic carbocycles. The highest BCUT2D eigenvalue weighted by Crippen LogP contribution is 2.25. The van der Waals surface area contributed by atoms with Gasteiger partial charge >= 0.3 is 0 Å². The standard InChI is InChI=1S/C12H7NO2.C6H7N3O/c14-11-8-5-1-3-7-4-2-6-9(10(7)8)12(15)13-11;7-9-6(10)5-1-3-8-4-2-5/h1-6H,(H,13,14,15);1-4H,7H2,(H,9,10). The number of benzene rings is 2. The van der Waals surface area contributed by atoms with E-state index in [1.54, 1.807) is 24.3 Å². The number of amides is 3. The molecule has 25 heavy (non-hydrogen) atoms. The zero-order valence-corrected chi connectivity index (χ0v) is 13.0. The summed E-state index contributed by atoms with van der Waals surface area (Å²) in [4.78, 5) is 37.6. The van der Waals surface area contributed by atoms with Crippen LogP contribution in [0.4, 0.5) is 0 Å². The minimum atomic E-state index is -0.315. The third-order valence-electron chi connectivity index (χ3n) is 3.69. The second kappa shape index (κ2) is 6.90. The van der Waals surface area contributed by atoms with Crippen LogP contribution in [0.5, 0.6) is 0 Å². The summed E-state index contributed by atoms with van der Waals surface area (Å²) in [6.45, 7) is 0. The smallest absolute Gasteiger partial charge is 0.265 e. The Bertz CT molecular complexity index is 922. The minimum absolute atomic E-state index is 0.303. The Morgan fingerprint density at radius 2 is 1.48 bits per heavy atom. The van der Waals surface area contributed by atoms with Crippen LogP contribution in [0.15, 0.2) is 60.9 Å². The molecule has 124 valence electrons. The Morgan fingerprint density at radius 1 is 0.920 bits per heavy atom. The second-order valence-electron chi connectivity index (χ2n) is 5.20. The number of pyridine rings is 1. The largest absolute Gasteiger partial charge is 0.290 e. The highest BCUT2D eigenvalue weighted by Gasteiger charge is 2.23. The molecule has 3 amide bonds. The van der Waals surface area contributed by atoms with Gasteiger partial charge in [-0.15, -0.1) is 0 Å². The number of nitrogens with two attached hydrogens (primary N) is 1. The van der Waals surface area contributed by atoms with Crippen molar-refractivity contribution < 1.29 is 14.4 Å². The van der Waals surface area contributed by atoms with Gasteiger partial charge in [-0.05, 0) is 29.7 Å². The monoisotopic (exact) mass is 334 g/mol. The summed E-state index contributed by atoms with van der Waals surface area (Å²) in [5, 5.41) is 4.00. The molecule has 4 rings (SSSR count). The molecule has 4 N–H and O–H groups in total. The molecule has 7 nitrogen and oxygen atoms in total. The molecule has 3 aromatic rings. The van der Waals surface area contributed by atoms with Crippen LogP contribution in [0.25, 0.3) is 10.8 Å². The van der Waals surface area contributed by atoms with Crippen LogP contribution >= 0.6 is 0 Å². The number of hydrazine groups is 1. The Kier molecular flexibility index (Phi) is 4.49. The van der Waals surface area contributed by atoms with Crippen LogP contribution < -0.4 is 16.6 Å². The van der Waals surface area contributed by atoms with Crippen LogP contribution in [0.3, 0.4) is 0 Å². The highest BCUT2D eigenvalue weighted by atomic mass is 16.2. The predicted molar refractivity (Wildman–Crippen MR) is 91.6 cm³/mol. The molecule has 1 aliphatic rings. The van der Waals surface area contributed by atoms with E-state index in [2.05, 4.69) is 10.3 Å². The van der Waals surface area contributed by atoms with Crippen molar-refractivity contribution in [1.82, 2.24) is 15.7 Å². The topological polar surface area (TPSA) is 114 Å². The zero-order valence-electron chi connectivity index (χ0n) is 13.0. The summed E-state index contributed by atoms with van der Waals surface area (Å²) in [6.07, 6.45) is 3.06. The van der Waals surface area contributed by atoms with Crippen molar-refractivity contribution in [1.29, 1.82) is 0 Å². The maximum atomic E-state index is 11.6. The van der Waals surface area contributed by atoms with Crippen molar-refractivity contribution in [2.24, 2.45) is 5.84 Å². The van der Waals surface area contributed by atoms with E-state index in [0.717, 1.165) is 10.8 Å². The molecule has 0 atom stereocenters. The fourth-order valence-corrected chi connectivity index (χ4v) is 2.54. The van der Waals surface area contributed by atoms with E-state index >= 15 is 0 Å². The average molecular weight is 334 g/mol. The first-order chi connectivity index (χ1) is 12.1. The Balaban J connectivity index is 0.000000160. The van der Waals surface area contributed by atoms with Crippen LogP contribution in [0, 0.1) is 0 Å². The number of carbonyl (C=O) groups excluding carboxylic acids is 3. The quantitative estimate of drug-likeness (QED) is 0.269. The number of nitrogen functional groups attached to an aromatic ring is 1. The molecule has 7 heteroatoms. The number of aromatic nitrogens is 1. The third kappa shape index (κ3) is 3.22. The molecule has 0 fully saturated rings. The van der Waals surface area contributed by atoms with E-state index in [1.807, 2.05) is 29.7 Å². The first kappa shape index (κ1) is 16.3. The molecule has 0 bridgehead atoms. The lowest BCUT2D eigenvalue weighted by Gasteiger charge is -2.15. The first-order valence-corrected chi connectivity index (χ1v) is 7.40. The Labute approximate surface area is 142 Å². The minimum Gasteiger partial charge on any atom is -0.290 e. The molecule has 0 saturated heterocycles. The van der Waals surface area contributed by atoms with Crippen LogP contribution in [-0.2, 0) is 0 Å². The SMILES string of the molecule is NNC(=O)c1ccncc1.O=C1NC(=O)c2cccc3cccc1c23. The van der Waals surface area contributed by atoms with E-state index < -0.39 is 0 Å². The number of carbonyl (C=O) groups is 3. The maximum absolute atomic E-state index is 11.6. The Hall–Kier alpha value is -3.58. The van der Waals surface area contributed by atoms with Crippen molar-refractivity contribution in [3.05, 3.63) is 77.6 Å². The lowest BCUT2D eigenvalue weighted by Crippen LogP contribution is -2.34. The summed E-state index contributed by atoms with van der Waals surface area (Å²) in [5.74, 6) is 3.95. The van der Waals surface area contributed by atoms with E-state index in [0.29, 0.717) is 16.7 Å². The molecule has 0 unspecified atom stereocenters. The predicted octanol–water partition coefficient (Wildman–Crippen LogP) is 1.41. The van der Waals surface area contributed by atoms with Gasteiger partial charge in [0.05, 0.1) is 0 Å². The first-order valence-electron chi connectivity index (χ1n) is 7.40. The van der Waals surface area contributed by atoms with Gasteiger partial charge in [0.1, 0.15) is 0 Å². The highest BCUT2D eigenvalue weighted by molar-refractivity contribution is 6.25.